The molecule has 1 fully saturated rings. The van der Waals surface area contributed by atoms with Crippen LogP contribution in [-0.4, -0.2) is 31.2 Å². The summed E-state index contributed by atoms with van der Waals surface area (Å²) in [6.07, 6.45) is 2.16. The molecule has 2 heterocycles. The maximum Gasteiger partial charge on any atom is 0.375 e. The van der Waals surface area contributed by atoms with Crippen LogP contribution in [-0.2, 0) is 4.74 Å². The molecule has 0 aromatic carbocycles. The van der Waals surface area contributed by atoms with Gasteiger partial charge in [-0.2, -0.15) is 0 Å². The Kier molecular flexibility index (Phi) is 3.24. The van der Waals surface area contributed by atoms with Crippen molar-refractivity contribution in [2.24, 2.45) is 0 Å². The number of nitrogens with one attached hydrogen (secondary N) is 1. The van der Waals surface area contributed by atoms with Crippen molar-refractivity contribution in [2.75, 3.05) is 20.2 Å². The van der Waals surface area contributed by atoms with Gasteiger partial charge in [0.25, 0.3) is 0 Å². The first-order valence-corrected chi connectivity index (χ1v) is 5.48. The minimum absolute atomic E-state index is 0.225. The van der Waals surface area contributed by atoms with Crippen molar-refractivity contribution in [3.63, 3.8) is 0 Å². The van der Waals surface area contributed by atoms with Gasteiger partial charge in [0, 0.05) is 12.5 Å². The topological polar surface area (TPSA) is 64.4 Å². The highest BCUT2D eigenvalue weighted by Gasteiger charge is 2.24. The summed E-state index contributed by atoms with van der Waals surface area (Å²) in [6, 6.07) is 0. The Morgan fingerprint density at radius 3 is 3.06 bits per heavy atom. The van der Waals surface area contributed by atoms with Crippen LogP contribution in [0.1, 0.15) is 40.9 Å². The van der Waals surface area contributed by atoms with E-state index < -0.39 is 5.97 Å². The van der Waals surface area contributed by atoms with Gasteiger partial charge in [-0.05, 0) is 26.3 Å². The number of aryl methyl sites for hydroxylation is 1. The lowest BCUT2D eigenvalue weighted by molar-refractivity contribution is 0.0561. The van der Waals surface area contributed by atoms with Gasteiger partial charge in [0.05, 0.1) is 12.8 Å². The van der Waals surface area contributed by atoms with E-state index in [-0.39, 0.29) is 11.7 Å². The van der Waals surface area contributed by atoms with Crippen LogP contribution in [0.2, 0.25) is 0 Å². The molecule has 0 amide bonds. The number of carbonyl (C=O) groups is 1. The minimum atomic E-state index is -0.458. The summed E-state index contributed by atoms with van der Waals surface area (Å²) < 4.78 is 10.1. The molecule has 0 radical (unpaired) electrons. The zero-order valence-corrected chi connectivity index (χ0v) is 9.58. The van der Waals surface area contributed by atoms with Crippen molar-refractivity contribution in [2.45, 2.75) is 25.7 Å². The van der Waals surface area contributed by atoms with Crippen molar-refractivity contribution < 1.29 is 13.9 Å². The van der Waals surface area contributed by atoms with Crippen molar-refractivity contribution in [3.8, 4) is 0 Å². The lowest BCUT2D eigenvalue weighted by Gasteiger charge is -2.19. The molecule has 0 spiro atoms. The number of rotatable bonds is 2. The molecule has 5 heteroatoms. The number of carbonyl (C=O) groups excluding carboxylic acids is 1. The maximum atomic E-state index is 11.4. The molecular formula is C11H16N2O3. The van der Waals surface area contributed by atoms with Crippen LogP contribution < -0.4 is 5.32 Å². The lowest BCUT2D eigenvalue weighted by Crippen LogP contribution is -2.28. The Balaban J connectivity index is 2.19. The third kappa shape index (κ3) is 2.09. The molecule has 1 aliphatic heterocycles. The molecular weight excluding hydrogens is 208 g/mol. The molecule has 1 aromatic rings. The fraction of sp³-hybridized carbons (Fsp3) is 0.636. The number of oxazole rings is 1. The fourth-order valence-electron chi connectivity index (χ4n) is 1.94. The van der Waals surface area contributed by atoms with Crippen LogP contribution >= 0.6 is 0 Å². The normalized spacial score (nSPS) is 20.8. The number of hydrogen-bond acceptors (Lipinski definition) is 5. The molecule has 2 rings (SSSR count). The van der Waals surface area contributed by atoms with Crippen molar-refractivity contribution in [3.05, 3.63) is 17.3 Å². The largest absolute Gasteiger partial charge is 0.463 e. The third-order valence-electron chi connectivity index (χ3n) is 2.83. The highest BCUT2D eigenvalue weighted by atomic mass is 16.5. The number of ether oxygens (including phenoxy) is 1. The zero-order chi connectivity index (χ0) is 11.5. The van der Waals surface area contributed by atoms with Crippen LogP contribution in [0.3, 0.4) is 0 Å². The van der Waals surface area contributed by atoms with Gasteiger partial charge in [-0.25, -0.2) is 9.78 Å². The van der Waals surface area contributed by atoms with E-state index in [2.05, 4.69) is 15.0 Å². The summed E-state index contributed by atoms with van der Waals surface area (Å²) in [4.78, 5) is 15.7. The molecule has 0 bridgehead atoms. The predicted molar refractivity (Wildman–Crippen MR) is 57.4 cm³/mol. The van der Waals surface area contributed by atoms with E-state index in [1.165, 1.54) is 7.11 Å². The Bertz CT molecular complexity index is 381. The number of piperidine rings is 1. The predicted octanol–water partition coefficient (Wildman–Crippen LogP) is 1.24. The first kappa shape index (κ1) is 11.1. The van der Waals surface area contributed by atoms with E-state index in [1.54, 1.807) is 6.92 Å². The van der Waals surface area contributed by atoms with Gasteiger partial charge in [-0.3, -0.25) is 0 Å². The van der Waals surface area contributed by atoms with Crippen molar-refractivity contribution in [1.82, 2.24) is 10.3 Å². The molecule has 0 aliphatic carbocycles. The lowest BCUT2D eigenvalue weighted by atomic mass is 10.00. The fourth-order valence-corrected chi connectivity index (χ4v) is 1.94. The monoisotopic (exact) mass is 224 g/mol. The Morgan fingerprint density at radius 2 is 2.44 bits per heavy atom. The molecule has 88 valence electrons. The van der Waals surface area contributed by atoms with E-state index in [4.69, 9.17) is 4.42 Å². The van der Waals surface area contributed by atoms with Crippen LogP contribution in [0.5, 0.6) is 0 Å². The second-order valence-corrected chi connectivity index (χ2v) is 4.00. The second kappa shape index (κ2) is 4.65. The van der Waals surface area contributed by atoms with E-state index in [9.17, 15) is 4.79 Å². The number of hydrogen-bond donors (Lipinski definition) is 1. The quantitative estimate of drug-likeness (QED) is 0.765. The summed E-state index contributed by atoms with van der Waals surface area (Å²) in [7, 11) is 1.34. The number of nitrogens with zero attached hydrogens (tertiary/aromatic N) is 1. The van der Waals surface area contributed by atoms with Gasteiger partial charge in [0.15, 0.2) is 5.89 Å². The average Bonchev–Trinajstić information content (AvgIpc) is 2.71. The number of aromatic nitrogens is 1. The van der Waals surface area contributed by atoms with E-state index in [0.29, 0.717) is 11.6 Å². The van der Waals surface area contributed by atoms with E-state index in [0.717, 1.165) is 25.9 Å². The Hall–Kier alpha value is -1.36. The zero-order valence-electron chi connectivity index (χ0n) is 9.58. The van der Waals surface area contributed by atoms with Gasteiger partial charge < -0.3 is 14.5 Å². The third-order valence-corrected chi connectivity index (χ3v) is 2.83. The number of esters is 1. The first-order valence-electron chi connectivity index (χ1n) is 5.48. The summed E-state index contributed by atoms with van der Waals surface area (Å²) in [5.41, 5.74) is 0.604. The smallest absolute Gasteiger partial charge is 0.375 e. The van der Waals surface area contributed by atoms with Gasteiger partial charge in [-0.15, -0.1) is 0 Å². The summed E-state index contributed by atoms with van der Waals surface area (Å²) in [5.74, 6) is 0.680. The Morgan fingerprint density at radius 1 is 1.62 bits per heavy atom. The van der Waals surface area contributed by atoms with Gasteiger partial charge in [0.1, 0.15) is 0 Å². The van der Waals surface area contributed by atoms with Gasteiger partial charge >= 0.3 is 5.97 Å². The molecule has 5 nitrogen and oxygen atoms in total. The first-order chi connectivity index (χ1) is 7.72. The standard InChI is InChI=1S/C11H16N2O3/c1-7-9(11(14)15-2)16-10(13-7)8-4-3-5-12-6-8/h8,12H,3-6H2,1-2H3. The van der Waals surface area contributed by atoms with Crippen molar-refractivity contribution >= 4 is 5.97 Å². The minimum Gasteiger partial charge on any atom is -0.463 e. The average molecular weight is 224 g/mol. The Labute approximate surface area is 94.2 Å². The highest BCUT2D eigenvalue weighted by molar-refractivity contribution is 5.87. The van der Waals surface area contributed by atoms with Crippen molar-refractivity contribution in [1.29, 1.82) is 0 Å². The molecule has 1 N–H and O–H groups in total. The van der Waals surface area contributed by atoms with Crippen LogP contribution in [0.4, 0.5) is 0 Å². The molecule has 1 unspecified atom stereocenters. The molecule has 16 heavy (non-hydrogen) atoms. The van der Waals surface area contributed by atoms with Crippen LogP contribution in [0.15, 0.2) is 4.42 Å². The molecule has 1 saturated heterocycles. The molecule has 1 aliphatic rings. The van der Waals surface area contributed by atoms with Crippen LogP contribution in [0.25, 0.3) is 0 Å². The molecule has 0 saturated carbocycles. The number of methoxy groups -OCH3 is 1. The SMILES string of the molecule is COC(=O)c1oc(C2CCCNC2)nc1C. The van der Waals surface area contributed by atoms with Gasteiger partial charge in [0.2, 0.25) is 5.76 Å². The van der Waals surface area contributed by atoms with E-state index >= 15 is 0 Å². The van der Waals surface area contributed by atoms with Crippen LogP contribution in [0, 0.1) is 6.92 Å². The summed E-state index contributed by atoms with van der Waals surface area (Å²) >= 11 is 0. The summed E-state index contributed by atoms with van der Waals surface area (Å²) in [5, 5.41) is 3.29. The molecule has 1 atom stereocenters. The second-order valence-electron chi connectivity index (χ2n) is 4.00. The van der Waals surface area contributed by atoms with E-state index in [1.807, 2.05) is 0 Å². The molecule has 1 aromatic heterocycles. The summed E-state index contributed by atoms with van der Waals surface area (Å²) in [6.45, 7) is 3.66. The van der Waals surface area contributed by atoms with Gasteiger partial charge in [-0.1, -0.05) is 0 Å². The maximum absolute atomic E-state index is 11.4. The highest BCUT2D eigenvalue weighted by Crippen LogP contribution is 2.24.